The molecule has 0 atom stereocenters. The molecule has 0 amide bonds. The van der Waals surface area contributed by atoms with Gasteiger partial charge in [0.05, 0.1) is 37.4 Å². The van der Waals surface area contributed by atoms with Gasteiger partial charge in [0, 0.05) is 27.3 Å². The van der Waals surface area contributed by atoms with Gasteiger partial charge in [-0.2, -0.15) is 0 Å². The Kier molecular flexibility index (Phi) is 20.7. The number of nitrogens with zero attached hydrogens (tertiary/aromatic N) is 3. The van der Waals surface area contributed by atoms with Crippen LogP contribution in [0.15, 0.2) is 69.9 Å². The number of hydrogen-bond donors (Lipinski definition) is 1. The summed E-state index contributed by atoms with van der Waals surface area (Å²) in [7, 11) is -1.84. The van der Waals surface area contributed by atoms with E-state index in [9.17, 15) is 9.59 Å². The maximum absolute atomic E-state index is 12.3. The first kappa shape index (κ1) is 47.1. The van der Waals surface area contributed by atoms with Gasteiger partial charge in [-0.25, -0.2) is 19.6 Å². The fourth-order valence-electron chi connectivity index (χ4n) is 3.72. The van der Waals surface area contributed by atoms with E-state index in [4.69, 9.17) is 13.9 Å². The Bertz CT molecular complexity index is 1530. The van der Waals surface area contributed by atoms with E-state index in [2.05, 4.69) is 80.7 Å². The Morgan fingerprint density at radius 3 is 1.83 bits per heavy atom. The lowest BCUT2D eigenvalue weighted by molar-refractivity contribution is 0.0499. The topological polar surface area (TPSA) is 108 Å². The van der Waals surface area contributed by atoms with Crippen molar-refractivity contribution in [3.05, 3.63) is 81.5 Å². The van der Waals surface area contributed by atoms with Crippen molar-refractivity contribution in [2.75, 3.05) is 19.8 Å². The van der Waals surface area contributed by atoms with Gasteiger partial charge in [-0.3, -0.25) is 0 Å². The number of benzene rings is 2. The molecular weight excluding hydrogens is 756 g/mol. The standard InChI is InChI=1S/C20H29BrN2O3Si.C12H11BrN2O2.4CH4/c1-7-25-19(24)18-22-17(15-8-10-16(21)11-9-15)14-23(18)12-13-26-27(5,6)20(2,3)4;1-2-17-12(16)11-14-7-10(15-11)8-3-5-9(13)6-4-8;;;;/h8-11,14H,7,12-13H2,1-6H3;3-7H,2H2,1H3,(H,14,15);4*1H4. The van der Waals surface area contributed by atoms with E-state index in [0.717, 1.165) is 31.5 Å². The smallest absolute Gasteiger partial charge is 0.374 e. The van der Waals surface area contributed by atoms with Crippen LogP contribution in [-0.2, 0) is 20.4 Å². The van der Waals surface area contributed by atoms with E-state index in [1.807, 2.05) is 59.3 Å². The van der Waals surface area contributed by atoms with E-state index >= 15 is 0 Å². The van der Waals surface area contributed by atoms with Crippen molar-refractivity contribution in [3.8, 4) is 22.5 Å². The maximum atomic E-state index is 12.3. The summed E-state index contributed by atoms with van der Waals surface area (Å²) >= 11 is 6.80. The van der Waals surface area contributed by atoms with Gasteiger partial charge in [-0.15, -0.1) is 0 Å². The van der Waals surface area contributed by atoms with Gasteiger partial charge in [0.1, 0.15) is 0 Å². The number of aromatic amines is 1. The molecule has 0 radical (unpaired) electrons. The van der Waals surface area contributed by atoms with Crippen molar-refractivity contribution in [1.29, 1.82) is 0 Å². The van der Waals surface area contributed by atoms with Crippen LogP contribution in [0.25, 0.3) is 22.5 Å². The predicted molar refractivity (Wildman–Crippen MR) is 209 cm³/mol. The molecule has 268 valence electrons. The average molecular weight is 813 g/mol. The summed E-state index contributed by atoms with van der Waals surface area (Å²) in [6, 6.07) is 15.6. The highest BCUT2D eigenvalue weighted by atomic mass is 79.9. The predicted octanol–water partition coefficient (Wildman–Crippen LogP) is 11.1. The second-order valence-electron chi connectivity index (χ2n) is 11.4. The van der Waals surface area contributed by atoms with Crippen molar-refractivity contribution in [2.45, 2.75) is 89.0 Å². The Morgan fingerprint density at radius 2 is 1.33 bits per heavy atom. The number of rotatable bonds is 10. The molecular formula is C36H56Br2N4O5Si. The summed E-state index contributed by atoms with van der Waals surface area (Å²) in [5.41, 5.74) is 3.46. The van der Waals surface area contributed by atoms with Gasteiger partial charge in [-0.1, -0.05) is 107 Å². The number of aromatic nitrogens is 4. The summed E-state index contributed by atoms with van der Waals surface area (Å²) < 4.78 is 20.1. The minimum atomic E-state index is -1.84. The van der Waals surface area contributed by atoms with Crippen molar-refractivity contribution < 1.29 is 23.5 Å². The van der Waals surface area contributed by atoms with Crippen molar-refractivity contribution >= 4 is 52.1 Å². The first-order chi connectivity index (χ1) is 20.8. The number of halogens is 2. The third-order valence-electron chi connectivity index (χ3n) is 7.18. The second kappa shape index (κ2) is 21.1. The highest BCUT2D eigenvalue weighted by Gasteiger charge is 2.37. The summed E-state index contributed by atoms with van der Waals surface area (Å²) in [6.45, 7) is 16.4. The van der Waals surface area contributed by atoms with E-state index in [0.29, 0.717) is 32.2 Å². The third-order valence-corrected chi connectivity index (χ3v) is 12.8. The Labute approximate surface area is 306 Å². The van der Waals surface area contributed by atoms with Crippen LogP contribution in [0.4, 0.5) is 0 Å². The molecule has 0 aliphatic rings. The molecule has 4 rings (SSSR count). The van der Waals surface area contributed by atoms with E-state index in [-0.39, 0.29) is 40.6 Å². The zero-order valence-corrected chi connectivity index (χ0v) is 30.4. The van der Waals surface area contributed by atoms with Crippen LogP contribution >= 0.6 is 31.9 Å². The third kappa shape index (κ3) is 13.1. The molecule has 2 heterocycles. The van der Waals surface area contributed by atoms with Crippen molar-refractivity contribution in [1.82, 2.24) is 19.5 Å². The van der Waals surface area contributed by atoms with Gasteiger partial charge in [-0.05, 0) is 61.8 Å². The Balaban J connectivity index is 0. The minimum Gasteiger partial charge on any atom is -0.460 e. The molecule has 4 aromatic rings. The quantitative estimate of drug-likeness (QED) is 0.125. The zero-order valence-electron chi connectivity index (χ0n) is 26.2. The van der Waals surface area contributed by atoms with Crippen LogP contribution in [0.3, 0.4) is 0 Å². The molecule has 0 bridgehead atoms. The van der Waals surface area contributed by atoms with Crippen LogP contribution in [-0.4, -0.2) is 59.6 Å². The van der Waals surface area contributed by atoms with Crippen LogP contribution in [0.5, 0.6) is 0 Å². The van der Waals surface area contributed by atoms with Crippen molar-refractivity contribution in [3.63, 3.8) is 0 Å². The van der Waals surface area contributed by atoms with Gasteiger partial charge in [0.25, 0.3) is 0 Å². The second-order valence-corrected chi connectivity index (χ2v) is 18.0. The first-order valence-corrected chi connectivity index (χ1v) is 18.9. The molecule has 2 aromatic carbocycles. The van der Waals surface area contributed by atoms with Crippen LogP contribution in [0, 0.1) is 0 Å². The average Bonchev–Trinajstić information content (AvgIpc) is 3.62. The largest absolute Gasteiger partial charge is 0.460 e. The molecule has 0 saturated heterocycles. The van der Waals surface area contributed by atoms with Gasteiger partial charge in [0.2, 0.25) is 11.6 Å². The number of esters is 2. The molecule has 0 spiro atoms. The highest BCUT2D eigenvalue weighted by Crippen LogP contribution is 2.36. The molecule has 12 heteroatoms. The Morgan fingerprint density at radius 1 is 0.833 bits per heavy atom. The minimum absolute atomic E-state index is 0. The zero-order chi connectivity index (χ0) is 32.5. The molecule has 48 heavy (non-hydrogen) atoms. The molecule has 9 nitrogen and oxygen atoms in total. The van der Waals surface area contributed by atoms with E-state index < -0.39 is 20.3 Å². The summed E-state index contributed by atoms with van der Waals surface area (Å²) in [5, 5.41) is 0.147. The number of carbonyl (C=O) groups is 2. The molecule has 0 unspecified atom stereocenters. The number of ether oxygens (including phenoxy) is 2. The van der Waals surface area contributed by atoms with Crippen LogP contribution in [0.2, 0.25) is 18.1 Å². The Hall–Kier alpha value is -3.06. The van der Waals surface area contributed by atoms with Gasteiger partial charge >= 0.3 is 11.9 Å². The lowest BCUT2D eigenvalue weighted by Gasteiger charge is -2.36. The molecule has 2 aromatic heterocycles. The normalized spacial score (nSPS) is 10.5. The number of carbonyl (C=O) groups excluding carboxylic acids is 2. The molecule has 0 aliphatic carbocycles. The maximum Gasteiger partial charge on any atom is 0.374 e. The lowest BCUT2D eigenvalue weighted by atomic mass is 10.2. The summed E-state index contributed by atoms with van der Waals surface area (Å²) in [4.78, 5) is 35.2. The van der Waals surface area contributed by atoms with Crippen LogP contribution < -0.4 is 0 Å². The number of H-pyrrole nitrogens is 1. The number of imidazole rings is 2. The molecule has 0 saturated carbocycles. The highest BCUT2D eigenvalue weighted by molar-refractivity contribution is 9.10. The van der Waals surface area contributed by atoms with Crippen molar-refractivity contribution in [2.24, 2.45) is 0 Å². The molecule has 1 N–H and O–H groups in total. The molecule has 0 aliphatic heterocycles. The van der Waals surface area contributed by atoms with Crippen LogP contribution in [0.1, 0.15) is 85.6 Å². The van der Waals surface area contributed by atoms with E-state index in [1.54, 1.807) is 20.0 Å². The summed E-state index contributed by atoms with van der Waals surface area (Å²) in [6.07, 6.45) is 3.51. The summed E-state index contributed by atoms with van der Waals surface area (Å²) in [5.74, 6) is -0.303. The van der Waals surface area contributed by atoms with E-state index in [1.165, 1.54) is 0 Å². The fourth-order valence-corrected chi connectivity index (χ4v) is 5.28. The van der Waals surface area contributed by atoms with Gasteiger partial charge in [0.15, 0.2) is 8.32 Å². The molecule has 0 fully saturated rings. The first-order valence-electron chi connectivity index (χ1n) is 14.4. The lowest BCUT2D eigenvalue weighted by Crippen LogP contribution is -2.41. The monoisotopic (exact) mass is 810 g/mol. The number of hydrogen-bond acceptors (Lipinski definition) is 7. The number of nitrogens with one attached hydrogen (secondary N) is 1. The van der Waals surface area contributed by atoms with Gasteiger partial charge < -0.3 is 23.5 Å². The fraction of sp³-hybridized carbons (Fsp3) is 0.444. The SMILES string of the molecule is C.C.C.C.CCOC(=O)c1nc(-c2ccc(Br)cc2)cn1CCO[Si](C)(C)C(C)(C)C.CCOC(=O)c1ncc(-c2ccc(Br)cc2)[nH]1.